The molecule has 0 aromatic heterocycles. The summed E-state index contributed by atoms with van der Waals surface area (Å²) in [5, 5.41) is 5.91. The van der Waals surface area contributed by atoms with Gasteiger partial charge in [-0.1, -0.05) is 29.8 Å². The topological polar surface area (TPSA) is 67.4 Å². The number of hydrogen-bond acceptors (Lipinski definition) is 3. The highest BCUT2D eigenvalue weighted by molar-refractivity contribution is 6.30. The third-order valence-electron chi connectivity index (χ3n) is 7.40. The fourth-order valence-electron chi connectivity index (χ4n) is 5.78. The SMILES string of the molecule is O=C1C[C@@H](c2cccc(Cl)c2)[C@]2(C(=O)Nc3cc(F)ccc32)[C@@H](c2cc(F)ccc2Oc2ccc(F)cc2F)N1. The molecule has 2 aliphatic rings. The van der Waals surface area contributed by atoms with Gasteiger partial charge in [0.15, 0.2) is 11.6 Å². The van der Waals surface area contributed by atoms with Gasteiger partial charge in [-0.25, -0.2) is 17.6 Å². The summed E-state index contributed by atoms with van der Waals surface area (Å²) in [5.41, 5.74) is -0.465. The third kappa shape index (κ3) is 4.17. The van der Waals surface area contributed by atoms with E-state index in [-0.39, 0.29) is 29.2 Å². The van der Waals surface area contributed by atoms with Crippen LogP contribution in [0.4, 0.5) is 23.2 Å². The number of benzene rings is 4. The minimum absolute atomic E-state index is 0.0242. The van der Waals surface area contributed by atoms with E-state index >= 15 is 0 Å². The Balaban J connectivity index is 1.60. The Morgan fingerprint density at radius 2 is 1.52 bits per heavy atom. The van der Waals surface area contributed by atoms with Crippen molar-refractivity contribution in [1.82, 2.24) is 5.32 Å². The summed E-state index contributed by atoms with van der Waals surface area (Å²) in [5.74, 6) is -5.40. The largest absolute Gasteiger partial charge is 0.454 e. The maximum absolute atomic E-state index is 14.8. The molecule has 1 saturated heterocycles. The molecule has 5 nitrogen and oxygen atoms in total. The van der Waals surface area contributed by atoms with Crippen molar-refractivity contribution in [1.29, 1.82) is 0 Å². The van der Waals surface area contributed by atoms with Crippen LogP contribution in [0.2, 0.25) is 5.02 Å². The van der Waals surface area contributed by atoms with E-state index in [1.54, 1.807) is 24.3 Å². The molecule has 2 N–H and O–H groups in total. The summed E-state index contributed by atoms with van der Waals surface area (Å²) in [6, 6.07) is 15.3. The monoisotopic (exact) mass is 566 g/mol. The smallest absolute Gasteiger partial charge is 0.238 e. The Hall–Kier alpha value is -4.37. The molecule has 4 aromatic rings. The summed E-state index contributed by atoms with van der Waals surface area (Å²) in [6.07, 6.45) is -0.140. The third-order valence-corrected chi connectivity index (χ3v) is 7.63. The first-order valence-corrected chi connectivity index (χ1v) is 12.6. The summed E-state index contributed by atoms with van der Waals surface area (Å²) < 4.78 is 62.9. The van der Waals surface area contributed by atoms with Crippen molar-refractivity contribution < 1.29 is 31.9 Å². The molecular weight excluding hydrogens is 548 g/mol. The second-order valence-electron chi connectivity index (χ2n) is 9.68. The van der Waals surface area contributed by atoms with Crippen LogP contribution in [0.25, 0.3) is 0 Å². The van der Waals surface area contributed by atoms with Gasteiger partial charge in [0.05, 0.1) is 6.04 Å². The van der Waals surface area contributed by atoms with Crippen LogP contribution in [0.3, 0.4) is 0 Å². The fourth-order valence-corrected chi connectivity index (χ4v) is 5.98. The number of nitrogens with one attached hydrogen (secondary N) is 2. The molecular formula is C30H19ClF4N2O3. The maximum Gasteiger partial charge on any atom is 0.238 e. The normalized spacial score (nSPS) is 21.6. The predicted octanol–water partition coefficient (Wildman–Crippen LogP) is 6.92. The number of rotatable bonds is 4. The molecule has 0 unspecified atom stereocenters. The second kappa shape index (κ2) is 9.67. The molecule has 202 valence electrons. The minimum atomic E-state index is -1.62. The van der Waals surface area contributed by atoms with Crippen molar-refractivity contribution in [3.63, 3.8) is 0 Å². The van der Waals surface area contributed by atoms with Gasteiger partial charge in [-0.15, -0.1) is 0 Å². The van der Waals surface area contributed by atoms with Gasteiger partial charge >= 0.3 is 0 Å². The summed E-state index contributed by atoms with van der Waals surface area (Å²) >= 11 is 6.29. The van der Waals surface area contributed by atoms with E-state index in [0.29, 0.717) is 22.2 Å². The van der Waals surface area contributed by atoms with Crippen LogP contribution in [0.5, 0.6) is 11.5 Å². The Bertz CT molecular complexity index is 1700. The molecule has 4 aromatic carbocycles. The van der Waals surface area contributed by atoms with E-state index in [9.17, 15) is 27.2 Å². The zero-order valence-electron chi connectivity index (χ0n) is 20.5. The molecule has 2 aliphatic heterocycles. The second-order valence-corrected chi connectivity index (χ2v) is 10.1. The van der Waals surface area contributed by atoms with Gasteiger partial charge < -0.3 is 15.4 Å². The highest BCUT2D eigenvalue weighted by atomic mass is 35.5. The van der Waals surface area contributed by atoms with Crippen molar-refractivity contribution in [2.75, 3.05) is 5.32 Å². The van der Waals surface area contributed by atoms with Crippen LogP contribution < -0.4 is 15.4 Å². The number of anilines is 1. The first kappa shape index (κ1) is 25.9. The number of amides is 2. The van der Waals surface area contributed by atoms with Gasteiger partial charge in [-0.3, -0.25) is 9.59 Å². The number of fused-ring (bicyclic) bond motifs is 2. The lowest BCUT2D eigenvalue weighted by molar-refractivity contribution is -0.131. The first-order chi connectivity index (χ1) is 19.2. The fraction of sp³-hybridized carbons (Fsp3) is 0.133. The highest BCUT2D eigenvalue weighted by Crippen LogP contribution is 2.58. The molecule has 3 atom stereocenters. The van der Waals surface area contributed by atoms with Gasteiger partial charge in [-0.05, 0) is 65.7 Å². The van der Waals surface area contributed by atoms with Crippen molar-refractivity contribution in [2.24, 2.45) is 0 Å². The van der Waals surface area contributed by atoms with Crippen molar-refractivity contribution >= 4 is 29.1 Å². The minimum Gasteiger partial charge on any atom is -0.454 e. The lowest BCUT2D eigenvalue weighted by Gasteiger charge is -2.46. The van der Waals surface area contributed by atoms with Crippen LogP contribution in [0, 0.1) is 23.3 Å². The molecule has 6 rings (SSSR count). The molecule has 2 heterocycles. The Morgan fingerprint density at radius 3 is 2.27 bits per heavy atom. The van der Waals surface area contributed by atoms with E-state index in [1.165, 1.54) is 24.3 Å². The average Bonchev–Trinajstić information content (AvgIpc) is 3.18. The lowest BCUT2D eigenvalue weighted by Crippen LogP contribution is -2.56. The number of carbonyl (C=O) groups is 2. The van der Waals surface area contributed by atoms with Crippen LogP contribution in [0.1, 0.15) is 35.1 Å². The van der Waals surface area contributed by atoms with Gasteiger partial charge in [0, 0.05) is 34.7 Å². The Labute approximate surface area is 230 Å². The van der Waals surface area contributed by atoms with Crippen molar-refractivity contribution in [3.8, 4) is 11.5 Å². The van der Waals surface area contributed by atoms with E-state index in [0.717, 1.165) is 24.3 Å². The van der Waals surface area contributed by atoms with E-state index in [2.05, 4.69) is 10.6 Å². The number of hydrogen-bond donors (Lipinski definition) is 2. The highest BCUT2D eigenvalue weighted by Gasteiger charge is 2.61. The maximum atomic E-state index is 14.8. The zero-order valence-corrected chi connectivity index (χ0v) is 21.2. The van der Waals surface area contributed by atoms with Crippen molar-refractivity contribution in [2.45, 2.75) is 23.8 Å². The lowest BCUT2D eigenvalue weighted by atomic mass is 9.59. The van der Waals surface area contributed by atoms with Gasteiger partial charge in [0.2, 0.25) is 11.8 Å². The molecule has 2 amide bonds. The van der Waals surface area contributed by atoms with Crippen LogP contribution >= 0.6 is 11.6 Å². The summed E-state index contributed by atoms with van der Waals surface area (Å²) in [6.45, 7) is 0. The molecule has 0 radical (unpaired) electrons. The number of ether oxygens (including phenoxy) is 1. The van der Waals surface area contributed by atoms with Gasteiger partial charge in [-0.2, -0.15) is 0 Å². The van der Waals surface area contributed by atoms with E-state index in [4.69, 9.17) is 16.3 Å². The standard InChI is InChI=1S/C30H19ClF4N2O3/c31-16-3-1-2-15(10-16)22-14-27(38)37-28(30(22)21-7-4-19(34)13-24(21)36-29(30)39)20-11-17(32)5-8-25(20)40-26-9-6-18(33)12-23(26)35/h1-13,22,28H,14H2,(H,36,39)(H,37,38)/t22-,28+,30-/m0/s1. The molecule has 1 fully saturated rings. The molecule has 0 aliphatic carbocycles. The van der Waals surface area contributed by atoms with Gasteiger partial charge in [0.1, 0.15) is 28.6 Å². The first-order valence-electron chi connectivity index (χ1n) is 12.3. The Kier molecular flexibility index (Phi) is 6.26. The molecule has 1 spiro atoms. The summed E-state index contributed by atoms with van der Waals surface area (Å²) in [7, 11) is 0. The number of halogens is 5. The Morgan fingerprint density at radius 1 is 0.825 bits per heavy atom. The van der Waals surface area contributed by atoms with Crippen LogP contribution in [-0.4, -0.2) is 11.8 Å². The van der Waals surface area contributed by atoms with Crippen LogP contribution in [-0.2, 0) is 15.0 Å². The quantitative estimate of drug-likeness (QED) is 0.263. The predicted molar refractivity (Wildman–Crippen MR) is 139 cm³/mol. The molecule has 40 heavy (non-hydrogen) atoms. The number of piperidine rings is 1. The van der Waals surface area contributed by atoms with Crippen molar-refractivity contribution in [3.05, 3.63) is 124 Å². The summed E-state index contributed by atoms with van der Waals surface area (Å²) in [4.78, 5) is 27.3. The van der Waals surface area contributed by atoms with Crippen LogP contribution in [0.15, 0.2) is 78.9 Å². The molecule has 0 saturated carbocycles. The van der Waals surface area contributed by atoms with Gasteiger partial charge in [0.25, 0.3) is 0 Å². The van der Waals surface area contributed by atoms with E-state index < -0.39 is 52.5 Å². The molecule has 10 heteroatoms. The number of carbonyl (C=O) groups excluding carboxylic acids is 2. The van der Waals surface area contributed by atoms with E-state index in [1.807, 2.05) is 0 Å². The average molecular weight is 567 g/mol. The molecule has 0 bridgehead atoms. The zero-order chi connectivity index (χ0) is 28.2.